The molecule has 0 fully saturated rings. The van der Waals surface area contributed by atoms with E-state index in [1.54, 1.807) is 11.3 Å². The number of hydrogen-bond acceptors (Lipinski definition) is 3. The zero-order valence-electron chi connectivity index (χ0n) is 8.01. The highest BCUT2D eigenvalue weighted by molar-refractivity contribution is 7.10. The van der Waals surface area contributed by atoms with Gasteiger partial charge in [0.2, 0.25) is 0 Å². The molecule has 0 saturated heterocycles. The first-order chi connectivity index (χ1) is 6.16. The number of hydrogen-bond donors (Lipinski definition) is 1. The van der Waals surface area contributed by atoms with E-state index in [-0.39, 0.29) is 5.91 Å². The van der Waals surface area contributed by atoms with Gasteiger partial charge in [-0.15, -0.1) is 11.3 Å². The van der Waals surface area contributed by atoms with Gasteiger partial charge in [0, 0.05) is 10.3 Å². The minimum absolute atomic E-state index is 0.163. The van der Waals surface area contributed by atoms with Crippen LogP contribution >= 0.6 is 11.3 Å². The van der Waals surface area contributed by atoms with E-state index in [2.05, 4.69) is 5.48 Å². The van der Waals surface area contributed by atoms with E-state index in [0.717, 1.165) is 5.56 Å². The maximum atomic E-state index is 11.4. The number of aryl methyl sites for hydroxylation is 1. The standard InChI is InChI=1S/C9H13NO2S/c1-4-12-10-9(11)8-5-13-7(3)6(8)2/h5H,4H2,1-3H3,(H,10,11). The highest BCUT2D eigenvalue weighted by Gasteiger charge is 2.11. The predicted octanol–water partition coefficient (Wildman–Crippen LogP) is 2.05. The van der Waals surface area contributed by atoms with E-state index in [1.807, 2.05) is 26.2 Å². The van der Waals surface area contributed by atoms with Crippen molar-refractivity contribution >= 4 is 17.2 Å². The van der Waals surface area contributed by atoms with Gasteiger partial charge in [-0.05, 0) is 26.3 Å². The lowest BCUT2D eigenvalue weighted by Gasteiger charge is -2.02. The van der Waals surface area contributed by atoms with Crippen LogP contribution in [-0.2, 0) is 4.84 Å². The number of nitrogens with one attached hydrogen (secondary N) is 1. The zero-order chi connectivity index (χ0) is 9.84. The molecule has 1 heterocycles. The molecule has 72 valence electrons. The molecule has 1 aromatic rings. The average molecular weight is 199 g/mol. The molecule has 0 saturated carbocycles. The molecule has 13 heavy (non-hydrogen) atoms. The largest absolute Gasteiger partial charge is 0.275 e. The Kier molecular flexibility index (Phi) is 3.45. The first-order valence-corrected chi connectivity index (χ1v) is 5.01. The monoisotopic (exact) mass is 199 g/mol. The summed E-state index contributed by atoms with van der Waals surface area (Å²) in [5.74, 6) is -0.163. The Bertz CT molecular complexity index is 307. The van der Waals surface area contributed by atoms with Crippen LogP contribution in [0, 0.1) is 13.8 Å². The van der Waals surface area contributed by atoms with Gasteiger partial charge in [0.25, 0.3) is 5.91 Å². The number of thiophene rings is 1. The van der Waals surface area contributed by atoms with E-state index < -0.39 is 0 Å². The first-order valence-electron chi connectivity index (χ1n) is 4.13. The van der Waals surface area contributed by atoms with Gasteiger partial charge >= 0.3 is 0 Å². The van der Waals surface area contributed by atoms with Crippen LogP contribution in [0.15, 0.2) is 5.38 Å². The van der Waals surface area contributed by atoms with Crippen molar-refractivity contribution in [1.82, 2.24) is 5.48 Å². The molecule has 0 aliphatic carbocycles. The van der Waals surface area contributed by atoms with Crippen LogP contribution in [-0.4, -0.2) is 12.5 Å². The minimum atomic E-state index is -0.163. The number of amides is 1. The van der Waals surface area contributed by atoms with Crippen LogP contribution in [0.25, 0.3) is 0 Å². The van der Waals surface area contributed by atoms with Crippen molar-refractivity contribution in [3.63, 3.8) is 0 Å². The molecule has 1 aromatic heterocycles. The molecule has 1 amide bonds. The summed E-state index contributed by atoms with van der Waals surface area (Å²) >= 11 is 1.58. The van der Waals surface area contributed by atoms with Gasteiger partial charge in [-0.3, -0.25) is 9.63 Å². The van der Waals surface area contributed by atoms with E-state index in [4.69, 9.17) is 4.84 Å². The van der Waals surface area contributed by atoms with Gasteiger partial charge in [-0.25, -0.2) is 5.48 Å². The molecule has 0 aliphatic rings. The Morgan fingerprint density at radius 2 is 2.31 bits per heavy atom. The summed E-state index contributed by atoms with van der Waals surface area (Å²) < 4.78 is 0. The third-order valence-corrected chi connectivity index (χ3v) is 2.85. The van der Waals surface area contributed by atoms with Gasteiger partial charge < -0.3 is 0 Å². The third-order valence-electron chi connectivity index (χ3n) is 1.84. The van der Waals surface area contributed by atoms with Crippen LogP contribution in [0.5, 0.6) is 0 Å². The van der Waals surface area contributed by atoms with Crippen molar-refractivity contribution < 1.29 is 9.63 Å². The van der Waals surface area contributed by atoms with Crippen LogP contribution in [0.4, 0.5) is 0 Å². The Morgan fingerprint density at radius 3 is 2.77 bits per heavy atom. The molecular weight excluding hydrogens is 186 g/mol. The minimum Gasteiger partial charge on any atom is -0.274 e. The second-order valence-electron chi connectivity index (χ2n) is 2.69. The quantitative estimate of drug-likeness (QED) is 0.756. The van der Waals surface area contributed by atoms with E-state index in [0.29, 0.717) is 12.2 Å². The fourth-order valence-electron chi connectivity index (χ4n) is 0.930. The summed E-state index contributed by atoms with van der Waals surface area (Å²) in [6.07, 6.45) is 0. The van der Waals surface area contributed by atoms with Crippen molar-refractivity contribution in [2.24, 2.45) is 0 Å². The summed E-state index contributed by atoms with van der Waals surface area (Å²) in [6, 6.07) is 0. The zero-order valence-corrected chi connectivity index (χ0v) is 8.83. The Balaban J connectivity index is 2.71. The summed E-state index contributed by atoms with van der Waals surface area (Å²) in [5.41, 5.74) is 4.10. The second-order valence-corrected chi connectivity index (χ2v) is 3.78. The van der Waals surface area contributed by atoms with Crippen molar-refractivity contribution in [3.05, 3.63) is 21.4 Å². The lowest BCUT2D eigenvalue weighted by molar-refractivity contribution is 0.0364. The molecule has 0 radical (unpaired) electrons. The van der Waals surface area contributed by atoms with Crippen molar-refractivity contribution in [3.8, 4) is 0 Å². The van der Waals surface area contributed by atoms with Crippen molar-refractivity contribution in [2.45, 2.75) is 20.8 Å². The Labute approximate surface area is 81.7 Å². The number of rotatable bonds is 3. The van der Waals surface area contributed by atoms with E-state index in [9.17, 15) is 4.79 Å². The van der Waals surface area contributed by atoms with Crippen LogP contribution in [0.2, 0.25) is 0 Å². The van der Waals surface area contributed by atoms with Crippen molar-refractivity contribution in [2.75, 3.05) is 6.61 Å². The van der Waals surface area contributed by atoms with Gasteiger partial charge in [-0.2, -0.15) is 0 Å². The third kappa shape index (κ3) is 2.29. The smallest absolute Gasteiger partial charge is 0.274 e. The van der Waals surface area contributed by atoms with Crippen molar-refractivity contribution in [1.29, 1.82) is 0 Å². The molecule has 0 spiro atoms. The molecule has 0 unspecified atom stereocenters. The van der Waals surface area contributed by atoms with E-state index >= 15 is 0 Å². The fourth-order valence-corrected chi connectivity index (χ4v) is 1.80. The van der Waals surface area contributed by atoms with Gasteiger partial charge in [0.15, 0.2) is 0 Å². The highest BCUT2D eigenvalue weighted by atomic mass is 32.1. The summed E-state index contributed by atoms with van der Waals surface area (Å²) in [7, 11) is 0. The van der Waals surface area contributed by atoms with E-state index in [1.165, 1.54) is 4.88 Å². The topological polar surface area (TPSA) is 38.3 Å². The number of hydroxylamine groups is 1. The summed E-state index contributed by atoms with van der Waals surface area (Å²) in [6.45, 7) is 6.24. The first kappa shape index (κ1) is 10.2. The Hall–Kier alpha value is -0.870. The number of carbonyl (C=O) groups is 1. The molecule has 0 aliphatic heterocycles. The molecule has 0 aromatic carbocycles. The Morgan fingerprint density at radius 1 is 1.62 bits per heavy atom. The molecule has 3 nitrogen and oxygen atoms in total. The predicted molar refractivity (Wildman–Crippen MR) is 52.9 cm³/mol. The van der Waals surface area contributed by atoms with Crippen LogP contribution in [0.3, 0.4) is 0 Å². The molecule has 1 N–H and O–H groups in total. The summed E-state index contributed by atoms with van der Waals surface area (Å²) in [4.78, 5) is 17.4. The molecule has 4 heteroatoms. The highest BCUT2D eigenvalue weighted by Crippen LogP contribution is 2.20. The molecule has 1 rings (SSSR count). The second kappa shape index (κ2) is 4.39. The molecule has 0 atom stereocenters. The fraction of sp³-hybridized carbons (Fsp3) is 0.444. The van der Waals surface area contributed by atoms with Gasteiger partial charge in [0.05, 0.1) is 12.2 Å². The maximum Gasteiger partial charge on any atom is 0.275 e. The SMILES string of the molecule is CCONC(=O)c1csc(C)c1C. The lowest BCUT2D eigenvalue weighted by Crippen LogP contribution is -2.23. The van der Waals surface area contributed by atoms with Crippen LogP contribution < -0.4 is 5.48 Å². The maximum absolute atomic E-state index is 11.4. The van der Waals surface area contributed by atoms with Gasteiger partial charge in [0.1, 0.15) is 0 Å². The molecule has 0 bridgehead atoms. The number of carbonyl (C=O) groups excluding carboxylic acids is 1. The molecular formula is C9H13NO2S. The van der Waals surface area contributed by atoms with Crippen LogP contribution in [0.1, 0.15) is 27.7 Å². The lowest BCUT2D eigenvalue weighted by atomic mass is 10.2. The average Bonchev–Trinajstić information content (AvgIpc) is 2.44. The van der Waals surface area contributed by atoms with Gasteiger partial charge in [-0.1, -0.05) is 0 Å². The summed E-state index contributed by atoms with van der Waals surface area (Å²) in [5, 5.41) is 1.85. The normalized spacial score (nSPS) is 10.1.